The van der Waals surface area contributed by atoms with Crippen LogP contribution in [0.15, 0.2) is 6.20 Å². The van der Waals surface area contributed by atoms with Gasteiger partial charge in [-0.15, -0.1) is 0 Å². The van der Waals surface area contributed by atoms with Gasteiger partial charge in [0.25, 0.3) is 0 Å². The molecule has 0 amide bonds. The number of aliphatic hydroxyl groups excluding tert-OH is 1. The Labute approximate surface area is 143 Å². The Bertz CT molecular complexity index is 540. The number of hydrogen-bond donors (Lipinski definition) is 4. The minimum atomic E-state index is -0.0369. The van der Waals surface area contributed by atoms with Crippen molar-refractivity contribution in [1.29, 1.82) is 0 Å². The molecule has 24 heavy (non-hydrogen) atoms. The second kappa shape index (κ2) is 7.53. The van der Waals surface area contributed by atoms with Gasteiger partial charge in [0, 0.05) is 31.4 Å². The first-order valence-electron chi connectivity index (χ1n) is 8.94. The number of nitrogens with one attached hydrogen (secondary N) is 2. The summed E-state index contributed by atoms with van der Waals surface area (Å²) in [6, 6.07) is 0.358. The van der Waals surface area contributed by atoms with Crippen molar-refractivity contribution < 1.29 is 9.84 Å². The molecule has 0 bridgehead atoms. The molecule has 0 aromatic carbocycles. The number of rotatable bonds is 5. The van der Waals surface area contributed by atoms with Gasteiger partial charge in [-0.2, -0.15) is 4.98 Å². The number of nitrogen functional groups attached to an aromatic ring is 1. The molecule has 1 saturated carbocycles. The lowest BCUT2D eigenvalue weighted by Crippen LogP contribution is -2.41. The zero-order chi connectivity index (χ0) is 17.0. The van der Waals surface area contributed by atoms with E-state index < -0.39 is 0 Å². The molecule has 0 unspecified atom stereocenters. The predicted octanol–water partition coefficient (Wildman–Crippen LogP) is 2.00. The summed E-state index contributed by atoms with van der Waals surface area (Å²) in [4.78, 5) is 8.93. The fraction of sp³-hybridized carbons (Fsp3) is 0.765. The van der Waals surface area contributed by atoms with Crippen molar-refractivity contribution in [2.75, 3.05) is 36.2 Å². The Hall–Kier alpha value is -1.60. The Balaban J connectivity index is 1.63. The van der Waals surface area contributed by atoms with E-state index >= 15 is 0 Å². The van der Waals surface area contributed by atoms with Gasteiger partial charge in [-0.1, -0.05) is 0 Å². The van der Waals surface area contributed by atoms with Gasteiger partial charge in [-0.3, -0.25) is 0 Å². The van der Waals surface area contributed by atoms with Gasteiger partial charge >= 0.3 is 0 Å². The van der Waals surface area contributed by atoms with Crippen molar-refractivity contribution in [3.05, 3.63) is 6.20 Å². The monoisotopic (exact) mass is 335 g/mol. The fourth-order valence-corrected chi connectivity index (χ4v) is 3.47. The number of aliphatic hydroxyl groups is 1. The molecule has 2 fully saturated rings. The first kappa shape index (κ1) is 17.2. The van der Waals surface area contributed by atoms with Gasteiger partial charge < -0.3 is 26.2 Å². The first-order chi connectivity index (χ1) is 11.6. The number of aromatic nitrogens is 2. The van der Waals surface area contributed by atoms with Crippen molar-refractivity contribution in [3.63, 3.8) is 0 Å². The molecular weight excluding hydrogens is 306 g/mol. The third kappa shape index (κ3) is 4.27. The summed E-state index contributed by atoms with van der Waals surface area (Å²) in [5.74, 6) is 1.76. The Morgan fingerprint density at radius 3 is 2.67 bits per heavy atom. The second-order valence-corrected chi connectivity index (χ2v) is 7.34. The Morgan fingerprint density at radius 2 is 2.00 bits per heavy atom. The topological polar surface area (TPSA) is 105 Å². The van der Waals surface area contributed by atoms with Crippen LogP contribution in [0, 0.1) is 5.92 Å². The lowest BCUT2D eigenvalue weighted by molar-refractivity contribution is 0.0656. The molecule has 1 aromatic heterocycles. The van der Waals surface area contributed by atoms with Crippen LogP contribution in [0.3, 0.4) is 0 Å². The molecule has 5 N–H and O–H groups in total. The molecule has 1 aliphatic carbocycles. The number of nitrogens with zero attached hydrogens (tertiary/aromatic N) is 2. The molecule has 134 valence electrons. The highest BCUT2D eigenvalue weighted by molar-refractivity contribution is 5.62. The van der Waals surface area contributed by atoms with Gasteiger partial charge in [-0.05, 0) is 51.4 Å². The van der Waals surface area contributed by atoms with E-state index in [4.69, 9.17) is 10.5 Å². The maximum Gasteiger partial charge on any atom is 0.225 e. The Morgan fingerprint density at radius 1 is 1.29 bits per heavy atom. The molecule has 1 saturated heterocycles. The second-order valence-electron chi connectivity index (χ2n) is 7.34. The molecule has 2 aliphatic rings. The largest absolute Gasteiger partial charge is 0.396 e. The highest BCUT2D eigenvalue weighted by Crippen LogP contribution is 2.29. The standard InChI is InChI=1S/C17H29N5O2/c1-17(6-8-24-9-7-17)22-16-19-10-14(18)15(21-16)20-13-4-2-12(11-23)3-5-13/h10,12-13,23H,2-9,11,18H2,1H3,(H2,19,20,21,22)/t12-,13-. The number of anilines is 3. The smallest absolute Gasteiger partial charge is 0.225 e. The van der Waals surface area contributed by atoms with E-state index in [1.807, 2.05) is 0 Å². The minimum absolute atomic E-state index is 0.0369. The van der Waals surface area contributed by atoms with Crippen molar-refractivity contribution in [1.82, 2.24) is 9.97 Å². The number of hydrogen-bond acceptors (Lipinski definition) is 7. The minimum Gasteiger partial charge on any atom is -0.396 e. The summed E-state index contributed by atoms with van der Waals surface area (Å²) in [6.45, 7) is 3.99. The molecule has 0 atom stereocenters. The first-order valence-corrected chi connectivity index (χ1v) is 8.94. The normalized spacial score (nSPS) is 26.8. The van der Waals surface area contributed by atoms with E-state index in [0.717, 1.165) is 51.7 Å². The van der Waals surface area contributed by atoms with E-state index in [2.05, 4.69) is 27.5 Å². The zero-order valence-corrected chi connectivity index (χ0v) is 14.4. The van der Waals surface area contributed by atoms with Crippen LogP contribution in [0.4, 0.5) is 17.5 Å². The van der Waals surface area contributed by atoms with Crippen molar-refractivity contribution in [2.45, 2.75) is 57.0 Å². The summed E-state index contributed by atoms with van der Waals surface area (Å²) < 4.78 is 5.43. The fourth-order valence-electron chi connectivity index (χ4n) is 3.47. The van der Waals surface area contributed by atoms with Crippen molar-refractivity contribution >= 4 is 17.5 Å². The summed E-state index contributed by atoms with van der Waals surface area (Å²) in [6.07, 6.45) is 7.70. The molecular formula is C17H29N5O2. The molecule has 3 rings (SSSR count). The van der Waals surface area contributed by atoms with Gasteiger partial charge in [-0.25, -0.2) is 4.98 Å². The van der Waals surface area contributed by atoms with Crippen molar-refractivity contribution in [2.24, 2.45) is 5.92 Å². The van der Waals surface area contributed by atoms with Crippen LogP contribution in [0.25, 0.3) is 0 Å². The van der Waals surface area contributed by atoms with E-state index in [1.165, 1.54) is 0 Å². The Kier molecular flexibility index (Phi) is 5.40. The lowest BCUT2D eigenvalue weighted by atomic mass is 9.86. The summed E-state index contributed by atoms with van der Waals surface area (Å²) in [5.41, 5.74) is 6.59. The lowest BCUT2D eigenvalue weighted by Gasteiger charge is -2.34. The zero-order valence-electron chi connectivity index (χ0n) is 14.4. The van der Waals surface area contributed by atoms with E-state index in [-0.39, 0.29) is 5.54 Å². The molecule has 0 radical (unpaired) electrons. The molecule has 7 heteroatoms. The maximum atomic E-state index is 9.25. The third-order valence-electron chi connectivity index (χ3n) is 5.27. The van der Waals surface area contributed by atoms with Gasteiger partial charge in [0.2, 0.25) is 5.95 Å². The van der Waals surface area contributed by atoms with Gasteiger partial charge in [0.15, 0.2) is 5.82 Å². The van der Waals surface area contributed by atoms with Crippen LogP contribution in [-0.4, -0.2) is 46.5 Å². The van der Waals surface area contributed by atoms with Crippen LogP contribution in [0.5, 0.6) is 0 Å². The van der Waals surface area contributed by atoms with Crippen LogP contribution < -0.4 is 16.4 Å². The number of nitrogens with two attached hydrogens (primary N) is 1. The molecule has 7 nitrogen and oxygen atoms in total. The quantitative estimate of drug-likeness (QED) is 0.652. The van der Waals surface area contributed by atoms with Crippen LogP contribution in [0.2, 0.25) is 0 Å². The van der Waals surface area contributed by atoms with E-state index in [1.54, 1.807) is 6.20 Å². The predicted molar refractivity (Wildman–Crippen MR) is 95.0 cm³/mol. The average Bonchev–Trinajstić information content (AvgIpc) is 2.59. The summed E-state index contributed by atoms with van der Waals surface area (Å²) in [7, 11) is 0. The number of ether oxygens (including phenoxy) is 1. The molecule has 0 spiro atoms. The van der Waals surface area contributed by atoms with Gasteiger partial charge in [0.1, 0.15) is 0 Å². The summed E-state index contributed by atoms with van der Waals surface area (Å²) >= 11 is 0. The highest BCUT2D eigenvalue weighted by Gasteiger charge is 2.28. The maximum absolute atomic E-state index is 9.25. The highest BCUT2D eigenvalue weighted by atomic mass is 16.5. The van der Waals surface area contributed by atoms with Gasteiger partial charge in [0.05, 0.1) is 11.9 Å². The molecule has 1 aromatic rings. The molecule has 2 heterocycles. The van der Waals surface area contributed by atoms with E-state index in [0.29, 0.717) is 36.0 Å². The van der Waals surface area contributed by atoms with E-state index in [9.17, 15) is 5.11 Å². The average molecular weight is 335 g/mol. The summed E-state index contributed by atoms with van der Waals surface area (Å²) in [5, 5.41) is 16.2. The van der Waals surface area contributed by atoms with Crippen LogP contribution in [0.1, 0.15) is 45.4 Å². The molecule has 1 aliphatic heterocycles. The third-order valence-corrected chi connectivity index (χ3v) is 5.27. The SMILES string of the molecule is CC1(Nc2ncc(N)c(N[C@H]3CC[C@H](CO)CC3)n2)CCOCC1. The van der Waals surface area contributed by atoms with Crippen molar-refractivity contribution in [3.8, 4) is 0 Å². The van der Waals surface area contributed by atoms with Crippen LogP contribution in [-0.2, 0) is 4.74 Å². The van der Waals surface area contributed by atoms with Crippen LogP contribution >= 0.6 is 0 Å².